The zero-order valence-corrected chi connectivity index (χ0v) is 38.1. The Hall–Kier alpha value is -4.50. The van der Waals surface area contributed by atoms with E-state index in [1.165, 1.54) is 14.7 Å². The van der Waals surface area contributed by atoms with Crippen molar-refractivity contribution in [2.45, 2.75) is 56.3 Å². The monoisotopic (exact) mass is 1060 g/mol. The predicted molar refractivity (Wildman–Crippen MR) is 231 cm³/mol. The van der Waals surface area contributed by atoms with Crippen molar-refractivity contribution in [3.63, 3.8) is 0 Å². The van der Waals surface area contributed by atoms with Crippen LogP contribution in [0, 0.1) is 0 Å². The van der Waals surface area contributed by atoms with E-state index in [1.807, 2.05) is 12.1 Å². The quantitative estimate of drug-likeness (QED) is 0.176. The van der Waals surface area contributed by atoms with Crippen LogP contribution in [0.4, 0.5) is 26.3 Å². The molecule has 1 N–H and O–H groups in total. The highest BCUT2D eigenvalue weighted by atomic mass is 79.9. The molecule has 9 rings (SSSR count). The van der Waals surface area contributed by atoms with E-state index in [0.29, 0.717) is 27.7 Å². The maximum absolute atomic E-state index is 13.2. The number of nitrogens with zero attached hydrogens (tertiary/aromatic N) is 8. The third-order valence-electron chi connectivity index (χ3n) is 11.2. The molecule has 3 aliphatic heterocycles. The topological polar surface area (TPSA) is 125 Å². The number of halogens is 9. The lowest BCUT2D eigenvalue weighted by atomic mass is 10.1. The Kier molecular flexibility index (Phi) is 13.2. The Bertz CT molecular complexity index is 2630. The number of amides is 3. The molecule has 0 bridgehead atoms. The zero-order chi connectivity index (χ0) is 44.7. The molecule has 6 aromatic rings. The Morgan fingerprint density at radius 1 is 0.548 bits per heavy atom. The molecule has 21 heteroatoms. The van der Waals surface area contributed by atoms with E-state index in [9.17, 15) is 40.7 Å². The summed E-state index contributed by atoms with van der Waals surface area (Å²) in [6, 6.07) is 15.7. The molecule has 0 atom stereocenters. The number of carbonyl (C=O) groups excluding carboxylic acids is 3. The van der Waals surface area contributed by atoms with Crippen molar-refractivity contribution < 1.29 is 40.7 Å². The normalized spacial score (nSPS) is 18.3. The first kappa shape index (κ1) is 45.5. The van der Waals surface area contributed by atoms with Gasteiger partial charge in [0.1, 0.15) is 13.8 Å². The van der Waals surface area contributed by atoms with Gasteiger partial charge in [-0.1, -0.05) is 0 Å². The van der Waals surface area contributed by atoms with Gasteiger partial charge in [-0.15, -0.1) is 0 Å². The van der Waals surface area contributed by atoms with Gasteiger partial charge in [0.2, 0.25) is 0 Å². The molecule has 3 aliphatic rings. The minimum Gasteiger partial charge on any atom is -0.338 e. The molecule has 0 spiro atoms. The van der Waals surface area contributed by atoms with Gasteiger partial charge in [0, 0.05) is 125 Å². The average molecular weight is 1060 g/mol. The van der Waals surface area contributed by atoms with E-state index in [4.69, 9.17) is 0 Å². The van der Waals surface area contributed by atoms with Crippen LogP contribution < -0.4 is 0 Å². The van der Waals surface area contributed by atoms with Crippen LogP contribution in [0.25, 0.3) is 32.7 Å². The highest BCUT2D eigenvalue weighted by Gasteiger charge is 2.38. The number of rotatable bonds is 3. The van der Waals surface area contributed by atoms with Gasteiger partial charge in [-0.2, -0.15) is 15.3 Å². The molecule has 330 valence electrons. The number of benzene rings is 3. The number of likely N-dealkylation sites (tertiary alicyclic amines) is 3. The molecule has 3 saturated heterocycles. The smallest absolute Gasteiger partial charge is 0.253 e. The summed E-state index contributed by atoms with van der Waals surface area (Å²) in [7, 11) is 3.60. The van der Waals surface area contributed by atoms with Crippen LogP contribution in [-0.2, 0) is 14.1 Å². The molecule has 62 heavy (non-hydrogen) atoms. The van der Waals surface area contributed by atoms with Gasteiger partial charge >= 0.3 is 0 Å². The number of nitrogens with one attached hydrogen (secondary N) is 1. The lowest BCUT2D eigenvalue weighted by Gasteiger charge is -2.31. The van der Waals surface area contributed by atoms with E-state index in [0.717, 1.165) is 35.5 Å². The first-order valence-corrected chi connectivity index (χ1v) is 22.0. The van der Waals surface area contributed by atoms with Gasteiger partial charge in [0.25, 0.3) is 35.5 Å². The molecular formula is C41H40Br3F6N9O3. The Labute approximate surface area is 376 Å². The second-order valence-electron chi connectivity index (χ2n) is 15.5. The van der Waals surface area contributed by atoms with Crippen LogP contribution in [0.3, 0.4) is 0 Å². The van der Waals surface area contributed by atoms with Crippen molar-refractivity contribution in [1.82, 2.24) is 44.5 Å². The third-order valence-corrected chi connectivity index (χ3v) is 13.3. The molecule has 0 saturated carbocycles. The van der Waals surface area contributed by atoms with E-state index in [-0.39, 0.29) is 95.5 Å². The summed E-state index contributed by atoms with van der Waals surface area (Å²) >= 11 is 10.1. The molecule has 12 nitrogen and oxygen atoms in total. The summed E-state index contributed by atoms with van der Waals surface area (Å²) in [6.07, 6.45) is -1.60. The Balaban J connectivity index is 0.000000140. The fourth-order valence-corrected chi connectivity index (χ4v) is 8.83. The first-order chi connectivity index (χ1) is 29.2. The molecule has 3 amide bonds. The average Bonchev–Trinajstić information content (AvgIpc) is 3.86. The summed E-state index contributed by atoms with van der Waals surface area (Å²) < 4.78 is 84.5. The fraction of sp³-hybridized carbons (Fsp3) is 0.415. The largest absolute Gasteiger partial charge is 0.338 e. The highest BCUT2D eigenvalue weighted by molar-refractivity contribution is 9.11. The molecule has 0 radical (unpaired) electrons. The molecule has 3 fully saturated rings. The first-order valence-electron chi connectivity index (χ1n) is 19.6. The van der Waals surface area contributed by atoms with Crippen molar-refractivity contribution in [3.05, 3.63) is 85.1 Å². The van der Waals surface area contributed by atoms with Crippen LogP contribution >= 0.6 is 47.8 Å². The van der Waals surface area contributed by atoms with Crippen LogP contribution in [0.5, 0.6) is 0 Å². The van der Waals surface area contributed by atoms with Crippen molar-refractivity contribution >= 4 is 98.2 Å². The number of aryl methyl sites for hydroxylation is 2. The van der Waals surface area contributed by atoms with E-state index in [2.05, 4.69) is 68.2 Å². The van der Waals surface area contributed by atoms with Gasteiger partial charge < -0.3 is 14.7 Å². The summed E-state index contributed by atoms with van der Waals surface area (Å²) in [6.45, 7) is 0.561. The third kappa shape index (κ3) is 10.1. The van der Waals surface area contributed by atoms with E-state index < -0.39 is 17.8 Å². The van der Waals surface area contributed by atoms with Gasteiger partial charge in [0.05, 0.1) is 16.6 Å². The number of hydrogen-bond donors (Lipinski definition) is 1. The number of aromatic nitrogens is 6. The summed E-state index contributed by atoms with van der Waals surface area (Å²) in [5.74, 6) is -8.57. The number of alkyl halides is 6. The number of carbonyl (C=O) groups is 3. The molecule has 0 aliphatic carbocycles. The summed E-state index contributed by atoms with van der Waals surface area (Å²) in [5, 5.41) is 18.1. The Morgan fingerprint density at radius 3 is 1.42 bits per heavy atom. The minimum atomic E-state index is -2.65. The maximum Gasteiger partial charge on any atom is 0.253 e. The molecular weight excluding hydrogens is 1020 g/mol. The lowest BCUT2D eigenvalue weighted by molar-refractivity contribution is -0.0503. The Morgan fingerprint density at radius 2 is 0.952 bits per heavy atom. The van der Waals surface area contributed by atoms with Crippen LogP contribution in [0.1, 0.15) is 69.6 Å². The number of piperidine rings is 3. The molecule has 6 heterocycles. The number of aromatic amines is 1. The zero-order valence-electron chi connectivity index (χ0n) is 33.4. The van der Waals surface area contributed by atoms with Gasteiger partial charge in [-0.25, -0.2) is 26.3 Å². The molecule has 0 unspecified atom stereocenters. The van der Waals surface area contributed by atoms with Gasteiger partial charge in [0.15, 0.2) is 0 Å². The van der Waals surface area contributed by atoms with E-state index >= 15 is 0 Å². The van der Waals surface area contributed by atoms with Crippen LogP contribution in [-0.4, -0.2) is 119 Å². The second kappa shape index (κ2) is 17.9. The standard InChI is InChI=1S/2C14H14BrF2N3O.C13H12BrF2N3O/c1-19-11-8-9(2-3-10(11)12(15)18-19)13(21)20-6-4-14(16,17)5-7-20;1-19-12(15)10-3-2-9(8-11(10)18-19)13(21)20-6-4-14(16,17)5-7-20;14-11-9-2-1-8(7-10(9)17-18-11)12(20)19-5-3-13(15,16)4-6-19/h2*2-3,8H,4-7H2,1H3;1-2,7H,3-6H2,(H,17,18). The van der Waals surface area contributed by atoms with E-state index in [1.54, 1.807) is 65.9 Å². The van der Waals surface area contributed by atoms with Crippen molar-refractivity contribution in [1.29, 1.82) is 0 Å². The molecule has 3 aromatic heterocycles. The number of H-pyrrole nitrogens is 1. The SMILES string of the molecule is Cn1nc(Br)c2ccc(C(=O)N3CCC(F)(F)CC3)cc21.Cn1nc2cc(C(=O)N3CCC(F)(F)CC3)ccc2c1Br.O=C(c1ccc2c(Br)[nH]nc2c1)N1CCC(F)(F)CC1. The van der Waals surface area contributed by atoms with Crippen molar-refractivity contribution in [2.75, 3.05) is 39.3 Å². The van der Waals surface area contributed by atoms with Gasteiger partial charge in [-0.05, 0) is 102 Å². The second-order valence-corrected chi connectivity index (χ2v) is 17.8. The fourth-order valence-electron chi connectivity index (χ4n) is 7.42. The predicted octanol–water partition coefficient (Wildman–Crippen LogP) is 9.61. The highest BCUT2D eigenvalue weighted by Crippen LogP contribution is 2.32. The summed E-state index contributed by atoms with van der Waals surface area (Å²) in [4.78, 5) is 41.5. The number of hydrogen-bond acceptors (Lipinski definition) is 6. The number of fused-ring (bicyclic) bond motifs is 3. The molecule has 3 aromatic carbocycles. The lowest BCUT2D eigenvalue weighted by Crippen LogP contribution is -2.42. The van der Waals surface area contributed by atoms with Gasteiger partial charge in [-0.3, -0.25) is 28.8 Å². The minimum absolute atomic E-state index is 0.0914. The van der Waals surface area contributed by atoms with Crippen molar-refractivity contribution in [3.8, 4) is 0 Å². The van der Waals surface area contributed by atoms with Crippen LogP contribution in [0.15, 0.2) is 68.4 Å². The maximum atomic E-state index is 13.2. The van der Waals surface area contributed by atoms with Crippen molar-refractivity contribution in [2.24, 2.45) is 14.1 Å². The van der Waals surface area contributed by atoms with Crippen LogP contribution in [0.2, 0.25) is 0 Å². The summed E-state index contributed by atoms with van der Waals surface area (Å²) in [5.41, 5.74) is 3.67.